The minimum absolute atomic E-state index is 0.0141. The van der Waals surface area contributed by atoms with Gasteiger partial charge in [0.2, 0.25) is 0 Å². The summed E-state index contributed by atoms with van der Waals surface area (Å²) in [6, 6.07) is 20.0. The van der Waals surface area contributed by atoms with Crippen molar-refractivity contribution in [3.63, 3.8) is 0 Å². The van der Waals surface area contributed by atoms with Gasteiger partial charge in [0, 0.05) is 12.0 Å². The molecule has 0 heterocycles. The van der Waals surface area contributed by atoms with Gasteiger partial charge in [0.15, 0.2) is 0 Å². The molecule has 2 N–H and O–H groups in total. The molecule has 0 aromatic heterocycles. The van der Waals surface area contributed by atoms with Crippen LogP contribution >= 0.6 is 0 Å². The Morgan fingerprint density at radius 3 is 2.00 bits per heavy atom. The molecular weight excluding hydrogens is 411 g/mol. The summed E-state index contributed by atoms with van der Waals surface area (Å²) in [5.74, 6) is -2.42. The van der Waals surface area contributed by atoms with Gasteiger partial charge in [-0.15, -0.1) is 13.2 Å². The van der Waals surface area contributed by atoms with Crippen LogP contribution in [0.2, 0.25) is 0 Å². The van der Waals surface area contributed by atoms with Crippen molar-refractivity contribution in [3.05, 3.63) is 90.0 Å². The number of aliphatic carboxylic acids is 1. The zero-order valence-corrected chi connectivity index (χ0v) is 16.1. The fourth-order valence-corrected chi connectivity index (χ4v) is 2.95. The summed E-state index contributed by atoms with van der Waals surface area (Å²) >= 11 is 0. The first-order valence-corrected chi connectivity index (χ1v) is 9.25. The molecule has 5 nitrogen and oxygen atoms in total. The summed E-state index contributed by atoms with van der Waals surface area (Å²) in [6.45, 7) is 0. The Hall–Kier alpha value is -3.81. The number of amides is 1. The summed E-state index contributed by atoms with van der Waals surface area (Å²) < 4.78 is 40.4. The van der Waals surface area contributed by atoms with Crippen LogP contribution in [-0.4, -0.2) is 29.4 Å². The van der Waals surface area contributed by atoms with Crippen LogP contribution in [0.25, 0.3) is 11.1 Å². The van der Waals surface area contributed by atoms with Crippen molar-refractivity contribution in [1.82, 2.24) is 5.32 Å². The molecule has 3 aromatic rings. The Kier molecular flexibility index (Phi) is 6.59. The van der Waals surface area contributed by atoms with Crippen molar-refractivity contribution in [2.45, 2.75) is 18.8 Å². The van der Waals surface area contributed by atoms with E-state index in [0.29, 0.717) is 5.56 Å². The number of hydrogen-bond acceptors (Lipinski definition) is 3. The van der Waals surface area contributed by atoms with Gasteiger partial charge >= 0.3 is 12.3 Å². The second-order valence-electron chi connectivity index (χ2n) is 6.70. The summed E-state index contributed by atoms with van der Waals surface area (Å²) in [6.07, 6.45) is -4.79. The van der Waals surface area contributed by atoms with Crippen molar-refractivity contribution in [3.8, 4) is 16.9 Å². The van der Waals surface area contributed by atoms with Gasteiger partial charge in [0.1, 0.15) is 11.8 Å². The normalized spacial score (nSPS) is 12.1. The summed E-state index contributed by atoms with van der Waals surface area (Å²) in [5.41, 5.74) is 2.72. The second-order valence-corrected chi connectivity index (χ2v) is 6.70. The highest BCUT2D eigenvalue weighted by Gasteiger charge is 2.31. The zero-order valence-electron chi connectivity index (χ0n) is 16.1. The van der Waals surface area contributed by atoms with E-state index in [1.165, 1.54) is 0 Å². The van der Waals surface area contributed by atoms with E-state index in [0.717, 1.165) is 35.4 Å². The monoisotopic (exact) mass is 429 g/mol. The molecule has 0 unspecified atom stereocenters. The molecule has 0 saturated carbocycles. The van der Waals surface area contributed by atoms with E-state index in [9.17, 15) is 27.9 Å². The molecule has 0 spiro atoms. The molecule has 0 aliphatic rings. The average Bonchev–Trinajstić information content (AvgIpc) is 2.73. The molecule has 0 saturated heterocycles. The van der Waals surface area contributed by atoms with Crippen molar-refractivity contribution < 1.29 is 32.6 Å². The molecule has 0 fully saturated rings. The maximum absolute atomic E-state index is 12.3. The number of benzene rings is 3. The minimum Gasteiger partial charge on any atom is -0.480 e. The fourth-order valence-electron chi connectivity index (χ4n) is 2.95. The molecule has 160 valence electrons. The van der Waals surface area contributed by atoms with Crippen LogP contribution in [0.5, 0.6) is 5.75 Å². The number of ether oxygens (including phenoxy) is 1. The van der Waals surface area contributed by atoms with Gasteiger partial charge < -0.3 is 15.2 Å². The lowest BCUT2D eigenvalue weighted by Gasteiger charge is -2.15. The van der Waals surface area contributed by atoms with Gasteiger partial charge in [-0.25, -0.2) is 4.79 Å². The standard InChI is InChI=1S/C23H18F3NO4/c24-23(25,26)31-19-12-10-18(11-13-19)21(28)27-20(22(29)30)14-15-6-8-17(9-7-15)16-4-2-1-3-5-16/h1-13,20H,14H2,(H,27,28)(H,29,30)/t20-/m0/s1. The molecule has 0 bridgehead atoms. The molecule has 0 aliphatic carbocycles. The summed E-state index contributed by atoms with van der Waals surface area (Å²) in [7, 11) is 0. The third kappa shape index (κ3) is 6.33. The van der Waals surface area contributed by atoms with Gasteiger partial charge in [-0.1, -0.05) is 54.6 Å². The van der Waals surface area contributed by atoms with E-state index >= 15 is 0 Å². The van der Waals surface area contributed by atoms with Crippen LogP contribution in [0.1, 0.15) is 15.9 Å². The summed E-state index contributed by atoms with van der Waals surface area (Å²) in [4.78, 5) is 24.0. The Balaban J connectivity index is 1.66. The van der Waals surface area contributed by atoms with E-state index in [-0.39, 0.29) is 12.0 Å². The van der Waals surface area contributed by atoms with Gasteiger partial charge in [-0.3, -0.25) is 4.79 Å². The molecule has 0 radical (unpaired) electrons. The second kappa shape index (κ2) is 9.34. The van der Waals surface area contributed by atoms with E-state index in [1.54, 1.807) is 12.1 Å². The van der Waals surface area contributed by atoms with Crippen LogP contribution in [0.15, 0.2) is 78.9 Å². The summed E-state index contributed by atoms with van der Waals surface area (Å²) in [5, 5.41) is 11.9. The molecule has 8 heteroatoms. The largest absolute Gasteiger partial charge is 0.573 e. The van der Waals surface area contributed by atoms with Crippen LogP contribution in [-0.2, 0) is 11.2 Å². The van der Waals surface area contributed by atoms with Crippen LogP contribution < -0.4 is 10.1 Å². The Morgan fingerprint density at radius 2 is 1.45 bits per heavy atom. The topological polar surface area (TPSA) is 75.6 Å². The number of carboxylic acids is 1. The number of hydrogen-bond donors (Lipinski definition) is 2. The number of carbonyl (C=O) groups excluding carboxylic acids is 1. The number of nitrogens with one attached hydrogen (secondary N) is 1. The first kappa shape index (κ1) is 21.9. The SMILES string of the molecule is O=C(N[C@@H](Cc1ccc(-c2ccccc2)cc1)C(=O)O)c1ccc(OC(F)(F)F)cc1. The molecular formula is C23H18F3NO4. The number of carbonyl (C=O) groups is 2. The first-order chi connectivity index (χ1) is 14.7. The van der Waals surface area contributed by atoms with E-state index in [1.807, 2.05) is 42.5 Å². The van der Waals surface area contributed by atoms with E-state index < -0.39 is 30.0 Å². The number of carboxylic acid groups (broad SMARTS) is 1. The molecule has 3 aromatic carbocycles. The van der Waals surface area contributed by atoms with Gasteiger partial charge in [-0.05, 0) is 41.0 Å². The maximum atomic E-state index is 12.3. The molecule has 1 amide bonds. The van der Waals surface area contributed by atoms with Crippen molar-refractivity contribution in [2.24, 2.45) is 0 Å². The maximum Gasteiger partial charge on any atom is 0.573 e. The third-order valence-corrected chi connectivity index (χ3v) is 4.45. The number of alkyl halides is 3. The smallest absolute Gasteiger partial charge is 0.480 e. The predicted molar refractivity (Wildman–Crippen MR) is 108 cm³/mol. The number of rotatable bonds is 7. The highest BCUT2D eigenvalue weighted by molar-refractivity contribution is 5.96. The lowest BCUT2D eigenvalue weighted by Crippen LogP contribution is -2.42. The van der Waals surface area contributed by atoms with Gasteiger partial charge in [-0.2, -0.15) is 0 Å². The third-order valence-electron chi connectivity index (χ3n) is 4.45. The van der Waals surface area contributed by atoms with Crippen molar-refractivity contribution in [1.29, 1.82) is 0 Å². The van der Waals surface area contributed by atoms with Crippen LogP contribution in [0.4, 0.5) is 13.2 Å². The quantitative estimate of drug-likeness (QED) is 0.572. The highest BCUT2D eigenvalue weighted by Crippen LogP contribution is 2.23. The van der Waals surface area contributed by atoms with E-state index in [2.05, 4.69) is 10.1 Å². The fraction of sp³-hybridized carbons (Fsp3) is 0.130. The minimum atomic E-state index is -4.84. The lowest BCUT2D eigenvalue weighted by atomic mass is 10.0. The molecule has 1 atom stereocenters. The highest BCUT2D eigenvalue weighted by atomic mass is 19.4. The van der Waals surface area contributed by atoms with Crippen molar-refractivity contribution in [2.75, 3.05) is 0 Å². The lowest BCUT2D eigenvalue weighted by molar-refractivity contribution is -0.274. The number of halogens is 3. The molecule has 3 rings (SSSR count). The predicted octanol–water partition coefficient (Wildman–Crippen LogP) is 4.68. The van der Waals surface area contributed by atoms with E-state index in [4.69, 9.17) is 0 Å². The first-order valence-electron chi connectivity index (χ1n) is 9.25. The zero-order chi connectivity index (χ0) is 22.4. The Morgan fingerprint density at radius 1 is 0.871 bits per heavy atom. The average molecular weight is 429 g/mol. The van der Waals surface area contributed by atoms with Crippen molar-refractivity contribution >= 4 is 11.9 Å². The Bertz CT molecular complexity index is 1030. The molecule has 0 aliphatic heterocycles. The van der Waals surface area contributed by atoms with Gasteiger partial charge in [0.05, 0.1) is 0 Å². The Labute approximate surface area is 176 Å². The molecule has 31 heavy (non-hydrogen) atoms. The van der Waals surface area contributed by atoms with Gasteiger partial charge in [0.25, 0.3) is 5.91 Å². The van der Waals surface area contributed by atoms with Crippen LogP contribution in [0.3, 0.4) is 0 Å². The van der Waals surface area contributed by atoms with Crippen LogP contribution in [0, 0.1) is 0 Å².